The van der Waals surface area contributed by atoms with Crippen molar-refractivity contribution in [3.8, 4) is 0 Å². The van der Waals surface area contributed by atoms with E-state index < -0.39 is 0 Å². The smallest absolute Gasteiger partial charge is 0.254 e. The van der Waals surface area contributed by atoms with E-state index in [9.17, 15) is 4.79 Å². The standard InChI is InChI=1S/C12H15Cl2N3O2/c1-2-3-17(7-11(15)16-19)12(18)8-4-9(13)6-10(14)5-8/h4-6,19H,2-3,7H2,1H3,(H2,15,16). The van der Waals surface area contributed by atoms with Crippen LogP contribution in [0.5, 0.6) is 0 Å². The van der Waals surface area contributed by atoms with Crippen molar-refractivity contribution in [2.24, 2.45) is 10.9 Å². The van der Waals surface area contributed by atoms with Gasteiger partial charge in [-0.15, -0.1) is 0 Å². The predicted molar refractivity (Wildman–Crippen MR) is 76.1 cm³/mol. The summed E-state index contributed by atoms with van der Waals surface area (Å²) in [6.45, 7) is 2.46. The molecule has 5 nitrogen and oxygen atoms in total. The first-order valence-corrected chi connectivity index (χ1v) is 6.45. The Morgan fingerprint density at radius 1 is 1.37 bits per heavy atom. The van der Waals surface area contributed by atoms with Gasteiger partial charge in [-0.05, 0) is 24.6 Å². The van der Waals surface area contributed by atoms with Gasteiger partial charge in [-0.2, -0.15) is 0 Å². The second-order valence-corrected chi connectivity index (χ2v) is 4.85. The third kappa shape index (κ3) is 4.61. The molecule has 1 aromatic rings. The fourth-order valence-electron chi connectivity index (χ4n) is 1.61. The molecule has 0 unspecified atom stereocenters. The van der Waals surface area contributed by atoms with Crippen molar-refractivity contribution in [2.75, 3.05) is 13.1 Å². The summed E-state index contributed by atoms with van der Waals surface area (Å²) in [4.78, 5) is 13.8. The average molecular weight is 304 g/mol. The van der Waals surface area contributed by atoms with Gasteiger partial charge in [-0.3, -0.25) is 4.79 Å². The fraction of sp³-hybridized carbons (Fsp3) is 0.333. The number of benzene rings is 1. The number of oxime groups is 1. The van der Waals surface area contributed by atoms with Crippen LogP contribution in [0.4, 0.5) is 0 Å². The topological polar surface area (TPSA) is 78.9 Å². The largest absolute Gasteiger partial charge is 0.409 e. The van der Waals surface area contributed by atoms with E-state index in [1.165, 1.54) is 17.0 Å². The third-order valence-electron chi connectivity index (χ3n) is 2.37. The van der Waals surface area contributed by atoms with Crippen LogP contribution >= 0.6 is 23.2 Å². The quantitative estimate of drug-likeness (QED) is 0.380. The molecule has 0 radical (unpaired) electrons. The van der Waals surface area contributed by atoms with Crippen LogP contribution < -0.4 is 5.73 Å². The van der Waals surface area contributed by atoms with Crippen LogP contribution in [-0.2, 0) is 0 Å². The van der Waals surface area contributed by atoms with Gasteiger partial charge in [0.1, 0.15) is 0 Å². The summed E-state index contributed by atoms with van der Waals surface area (Å²) in [6.07, 6.45) is 0.749. The molecular formula is C12H15Cl2N3O2. The zero-order valence-electron chi connectivity index (χ0n) is 10.4. The Kier molecular flexibility index (Phi) is 5.92. The molecule has 7 heteroatoms. The average Bonchev–Trinajstić information content (AvgIpc) is 2.36. The van der Waals surface area contributed by atoms with E-state index in [-0.39, 0.29) is 18.3 Å². The van der Waals surface area contributed by atoms with Gasteiger partial charge < -0.3 is 15.8 Å². The first-order valence-electron chi connectivity index (χ1n) is 5.69. The highest BCUT2D eigenvalue weighted by atomic mass is 35.5. The minimum absolute atomic E-state index is 0.0325. The summed E-state index contributed by atoms with van der Waals surface area (Å²) in [5, 5.41) is 12.2. The van der Waals surface area contributed by atoms with Gasteiger partial charge >= 0.3 is 0 Å². The van der Waals surface area contributed by atoms with E-state index in [1.807, 2.05) is 6.92 Å². The zero-order valence-corrected chi connectivity index (χ0v) is 11.9. The highest BCUT2D eigenvalue weighted by Gasteiger charge is 2.17. The van der Waals surface area contributed by atoms with Crippen LogP contribution in [0.15, 0.2) is 23.4 Å². The minimum atomic E-state index is -0.266. The molecule has 0 saturated heterocycles. The summed E-state index contributed by atoms with van der Waals surface area (Å²) in [5.41, 5.74) is 5.81. The number of nitrogens with two attached hydrogens (primary N) is 1. The molecule has 0 atom stereocenters. The summed E-state index contributed by atoms with van der Waals surface area (Å²) in [5.74, 6) is -0.298. The molecule has 0 aliphatic rings. The molecule has 0 aliphatic carbocycles. The third-order valence-corrected chi connectivity index (χ3v) is 2.81. The lowest BCUT2D eigenvalue weighted by molar-refractivity contribution is 0.0778. The number of nitrogens with zero attached hydrogens (tertiary/aromatic N) is 2. The number of carbonyl (C=O) groups is 1. The molecule has 19 heavy (non-hydrogen) atoms. The van der Waals surface area contributed by atoms with Gasteiger partial charge in [0.25, 0.3) is 5.91 Å². The molecule has 0 saturated carbocycles. The Bertz CT molecular complexity index is 472. The summed E-state index contributed by atoms with van der Waals surface area (Å²) in [7, 11) is 0. The van der Waals surface area contributed by atoms with Crippen LogP contribution in [-0.4, -0.2) is 34.9 Å². The lowest BCUT2D eigenvalue weighted by atomic mass is 10.2. The summed E-state index contributed by atoms with van der Waals surface area (Å²) in [6, 6.07) is 4.61. The van der Waals surface area contributed by atoms with Gasteiger partial charge in [-0.1, -0.05) is 35.3 Å². The monoisotopic (exact) mass is 303 g/mol. The van der Waals surface area contributed by atoms with Crippen molar-refractivity contribution < 1.29 is 10.0 Å². The van der Waals surface area contributed by atoms with Gasteiger partial charge in [0.05, 0.1) is 6.54 Å². The fourth-order valence-corrected chi connectivity index (χ4v) is 2.14. The number of amidine groups is 1. The Morgan fingerprint density at radius 2 is 1.95 bits per heavy atom. The van der Waals surface area contributed by atoms with Crippen molar-refractivity contribution in [2.45, 2.75) is 13.3 Å². The summed E-state index contributed by atoms with van der Waals surface area (Å²) < 4.78 is 0. The normalized spacial score (nSPS) is 11.4. The highest BCUT2D eigenvalue weighted by molar-refractivity contribution is 6.35. The molecule has 0 bridgehead atoms. The molecule has 1 rings (SSSR count). The molecule has 3 N–H and O–H groups in total. The number of amides is 1. The lowest BCUT2D eigenvalue weighted by Gasteiger charge is -2.21. The maximum atomic E-state index is 12.3. The van der Waals surface area contributed by atoms with Gasteiger partial charge in [0, 0.05) is 22.2 Å². The van der Waals surface area contributed by atoms with Crippen LogP contribution in [0, 0.1) is 0 Å². The van der Waals surface area contributed by atoms with Crippen molar-refractivity contribution in [3.63, 3.8) is 0 Å². The molecule has 1 amide bonds. The van der Waals surface area contributed by atoms with E-state index in [4.69, 9.17) is 34.1 Å². The number of rotatable bonds is 5. The molecule has 0 aliphatic heterocycles. The molecule has 0 fully saturated rings. The first kappa shape index (κ1) is 15.6. The lowest BCUT2D eigenvalue weighted by Crippen LogP contribution is -2.39. The van der Waals surface area contributed by atoms with E-state index in [0.717, 1.165) is 6.42 Å². The SMILES string of the molecule is CCCN(CC(N)=NO)C(=O)c1cc(Cl)cc(Cl)c1. The molecular weight excluding hydrogens is 289 g/mol. The van der Waals surface area contributed by atoms with E-state index in [2.05, 4.69) is 5.16 Å². The molecule has 0 spiro atoms. The summed E-state index contributed by atoms with van der Waals surface area (Å²) >= 11 is 11.7. The van der Waals surface area contributed by atoms with E-state index in [0.29, 0.717) is 22.2 Å². The minimum Gasteiger partial charge on any atom is -0.409 e. The molecule has 104 valence electrons. The van der Waals surface area contributed by atoms with E-state index >= 15 is 0 Å². The Balaban J connectivity index is 2.98. The van der Waals surface area contributed by atoms with Crippen molar-refractivity contribution in [1.82, 2.24) is 4.90 Å². The zero-order chi connectivity index (χ0) is 14.4. The van der Waals surface area contributed by atoms with Crippen molar-refractivity contribution in [3.05, 3.63) is 33.8 Å². The molecule has 0 aromatic heterocycles. The number of hydrogen-bond acceptors (Lipinski definition) is 3. The van der Waals surface area contributed by atoms with Gasteiger partial charge in [0.15, 0.2) is 5.84 Å². The van der Waals surface area contributed by atoms with Gasteiger partial charge in [0.2, 0.25) is 0 Å². The van der Waals surface area contributed by atoms with Crippen LogP contribution in [0.25, 0.3) is 0 Å². The van der Waals surface area contributed by atoms with Crippen LogP contribution in [0.2, 0.25) is 10.0 Å². The predicted octanol–water partition coefficient (Wildman–Crippen LogP) is 2.59. The second-order valence-electron chi connectivity index (χ2n) is 3.98. The van der Waals surface area contributed by atoms with Crippen molar-refractivity contribution >= 4 is 34.9 Å². The maximum Gasteiger partial charge on any atom is 0.254 e. The highest BCUT2D eigenvalue weighted by Crippen LogP contribution is 2.20. The Morgan fingerprint density at radius 3 is 2.42 bits per heavy atom. The van der Waals surface area contributed by atoms with Crippen molar-refractivity contribution in [1.29, 1.82) is 0 Å². The number of halogens is 2. The van der Waals surface area contributed by atoms with Crippen LogP contribution in [0.1, 0.15) is 23.7 Å². The maximum absolute atomic E-state index is 12.3. The number of hydrogen-bond donors (Lipinski definition) is 2. The van der Waals surface area contributed by atoms with Crippen LogP contribution in [0.3, 0.4) is 0 Å². The number of carbonyl (C=O) groups excluding carboxylic acids is 1. The Hall–Kier alpha value is -1.46. The molecule has 0 heterocycles. The van der Waals surface area contributed by atoms with E-state index in [1.54, 1.807) is 6.07 Å². The van der Waals surface area contributed by atoms with Gasteiger partial charge in [-0.25, -0.2) is 0 Å². The second kappa shape index (κ2) is 7.21. The molecule has 1 aromatic carbocycles. The Labute approximate surface area is 121 Å². The first-order chi connectivity index (χ1) is 8.97.